The second kappa shape index (κ2) is 12.7. The molecular formula is C22H27N5O4Rb2Si+. The monoisotopic (exact) mass is 623 g/mol. The molecule has 9 nitrogen and oxygen atoms in total. The summed E-state index contributed by atoms with van der Waals surface area (Å²) in [7, 11) is -0.164. The summed E-state index contributed by atoms with van der Waals surface area (Å²) in [5.41, 5.74) is 7.82. The van der Waals surface area contributed by atoms with Crippen molar-refractivity contribution in [1.82, 2.24) is 19.5 Å². The molecular weight excluding hydrogens is 597 g/mol. The van der Waals surface area contributed by atoms with Gasteiger partial charge in [-0.3, -0.25) is 9.76 Å². The van der Waals surface area contributed by atoms with Crippen LogP contribution in [-0.2, 0) is 16.1 Å². The van der Waals surface area contributed by atoms with Crippen LogP contribution < -0.4 is 127 Å². The molecule has 1 aliphatic carbocycles. The van der Waals surface area contributed by atoms with Gasteiger partial charge in [0.2, 0.25) is 11.8 Å². The predicted molar refractivity (Wildman–Crippen MR) is 119 cm³/mol. The fraction of sp³-hybridized carbons (Fsp3) is 0.500. The van der Waals surface area contributed by atoms with Gasteiger partial charge in [0.05, 0.1) is 19.0 Å². The molecule has 0 amide bonds. The van der Waals surface area contributed by atoms with Crippen molar-refractivity contribution in [3.63, 3.8) is 0 Å². The fourth-order valence-corrected chi connectivity index (χ4v) is 6.30. The van der Waals surface area contributed by atoms with Crippen LogP contribution in [0, 0.1) is 5.92 Å². The molecule has 12 heteroatoms. The van der Waals surface area contributed by atoms with Crippen LogP contribution in [0.3, 0.4) is 0 Å². The summed E-state index contributed by atoms with van der Waals surface area (Å²) in [6.07, 6.45) is 3.09. The average molecular weight is 625 g/mol. The molecule has 1 unspecified atom stereocenters. The number of ether oxygens (including phenoxy) is 3. The van der Waals surface area contributed by atoms with E-state index in [2.05, 4.69) is 21.9 Å². The zero-order valence-electron chi connectivity index (χ0n) is 20.1. The molecule has 3 N–H and O–H groups in total. The zero-order valence-corrected chi connectivity index (χ0v) is 31.0. The number of nitrogens with zero attached hydrogens (tertiary/aromatic N) is 4. The molecule has 3 aromatic rings. The summed E-state index contributed by atoms with van der Waals surface area (Å²) in [4.78, 5) is 23.5. The minimum absolute atomic E-state index is 0. The van der Waals surface area contributed by atoms with E-state index < -0.39 is 5.60 Å². The van der Waals surface area contributed by atoms with Gasteiger partial charge in [-0.2, -0.15) is 15.5 Å². The molecule has 1 saturated heterocycles. The molecule has 2 aliphatic rings. The third-order valence-electron chi connectivity index (χ3n) is 6.65. The standard InChI is InChI=1S/C22H27N5O4Si.2Rb/c1-3-15-16(32-28)9-17(22(15)11-30-13(2)31-22)27-12-24-18-19(27)25-21(23)26-20(18)29-10-14-7-5-4-6-8-14;;/h4-8,12-13,15-17,28H,3,9-11H2,1-2H3,(H2,23,25,26);;/q-1;2*+1/t13?,15-,16+,17+,22+;;/m1../s1. The Morgan fingerprint density at radius 1 is 1.26 bits per heavy atom. The van der Waals surface area contributed by atoms with Gasteiger partial charge in [0.25, 0.3) is 0 Å². The van der Waals surface area contributed by atoms with Crippen molar-refractivity contribution < 1.29 is 135 Å². The smallest absolute Gasteiger partial charge is 0.634 e. The van der Waals surface area contributed by atoms with Gasteiger partial charge in [-0.25, -0.2) is 4.98 Å². The van der Waals surface area contributed by atoms with Crippen LogP contribution in [0.4, 0.5) is 5.95 Å². The van der Waals surface area contributed by atoms with E-state index >= 15 is 0 Å². The van der Waals surface area contributed by atoms with E-state index in [4.69, 9.17) is 19.9 Å². The Morgan fingerprint density at radius 2 is 2.03 bits per heavy atom. The van der Waals surface area contributed by atoms with Gasteiger partial charge < -0.3 is 29.3 Å². The molecule has 0 bridgehead atoms. The topological polar surface area (TPSA) is 118 Å². The van der Waals surface area contributed by atoms with Crippen molar-refractivity contribution >= 4 is 26.9 Å². The normalized spacial score (nSPS) is 28.1. The molecule has 1 radical (unpaired) electrons. The molecule has 169 valence electrons. The van der Waals surface area contributed by atoms with Gasteiger partial charge in [0.1, 0.15) is 12.2 Å². The second-order valence-electron chi connectivity index (χ2n) is 8.44. The quantitative estimate of drug-likeness (QED) is 0.272. The first-order valence-electron chi connectivity index (χ1n) is 10.9. The number of nitrogens with two attached hydrogens (primary N) is 1. The fourth-order valence-electron chi connectivity index (χ4n) is 5.27. The van der Waals surface area contributed by atoms with E-state index in [0.29, 0.717) is 30.3 Å². The van der Waals surface area contributed by atoms with Crippen molar-refractivity contribution in [1.29, 1.82) is 0 Å². The second-order valence-corrected chi connectivity index (χ2v) is 9.44. The van der Waals surface area contributed by atoms with Crippen LogP contribution in [0.1, 0.15) is 38.3 Å². The van der Waals surface area contributed by atoms with Crippen molar-refractivity contribution in [3.05, 3.63) is 42.2 Å². The first kappa shape index (κ1) is 29.6. The van der Waals surface area contributed by atoms with Gasteiger partial charge >= 0.3 is 116 Å². The van der Waals surface area contributed by atoms with Crippen LogP contribution in [-0.4, -0.2) is 52.6 Å². The van der Waals surface area contributed by atoms with Gasteiger partial charge in [-0.05, 0) is 18.4 Å². The number of imidazole rings is 1. The van der Waals surface area contributed by atoms with Crippen molar-refractivity contribution in [2.45, 2.75) is 56.8 Å². The average Bonchev–Trinajstić information content (AvgIpc) is 3.48. The summed E-state index contributed by atoms with van der Waals surface area (Å²) < 4.78 is 20.3. The summed E-state index contributed by atoms with van der Waals surface area (Å²) in [5, 5.41) is 0. The Bertz CT molecular complexity index is 1110. The number of hydrogen-bond acceptors (Lipinski definition) is 8. The van der Waals surface area contributed by atoms with Crippen LogP contribution in [0.15, 0.2) is 36.7 Å². The molecule has 5 rings (SSSR count). The van der Waals surface area contributed by atoms with Crippen LogP contribution in [0.25, 0.3) is 11.2 Å². The molecule has 2 fully saturated rings. The van der Waals surface area contributed by atoms with Crippen LogP contribution in [0.5, 0.6) is 5.88 Å². The minimum Gasteiger partial charge on any atom is -0.634 e. The van der Waals surface area contributed by atoms with E-state index in [1.165, 1.54) is 0 Å². The molecule has 1 aromatic carbocycles. The Hall–Kier alpha value is 1.08. The first-order chi connectivity index (χ1) is 15.6. The van der Waals surface area contributed by atoms with Gasteiger partial charge in [0, 0.05) is 0 Å². The first-order valence-corrected chi connectivity index (χ1v) is 11.9. The maximum absolute atomic E-state index is 10.1. The van der Waals surface area contributed by atoms with Gasteiger partial charge in [-0.15, -0.1) is 0 Å². The molecule has 3 heterocycles. The van der Waals surface area contributed by atoms with Crippen molar-refractivity contribution in [2.24, 2.45) is 5.92 Å². The van der Waals surface area contributed by atoms with Crippen molar-refractivity contribution in [2.75, 3.05) is 12.3 Å². The number of anilines is 1. The number of nitrogen functional groups attached to an aromatic ring is 1. The minimum atomic E-state index is -0.549. The van der Waals surface area contributed by atoms with Crippen molar-refractivity contribution in [3.8, 4) is 5.88 Å². The SMILES string of the molecule is CC[C@@H]1[C@@H]([Si-]O)C[C@H](n2cnc3c(OCc4ccccc4)nc(N)nc32)[C@]12COC(C)O2.[Rb+].[Rb+]. The summed E-state index contributed by atoms with van der Waals surface area (Å²) in [6.45, 7) is 4.87. The summed E-state index contributed by atoms with van der Waals surface area (Å²) in [5.74, 6) is 0.650. The molecule has 1 spiro atoms. The van der Waals surface area contributed by atoms with E-state index in [1.807, 2.05) is 41.8 Å². The van der Waals surface area contributed by atoms with Gasteiger partial charge in [-0.1, -0.05) is 50.1 Å². The molecule has 2 aromatic heterocycles. The van der Waals surface area contributed by atoms with Gasteiger partial charge in [0.15, 0.2) is 17.5 Å². The molecule has 1 aliphatic heterocycles. The zero-order chi connectivity index (χ0) is 22.3. The number of rotatable bonds is 6. The molecule has 1 saturated carbocycles. The Morgan fingerprint density at radius 3 is 2.68 bits per heavy atom. The summed E-state index contributed by atoms with van der Waals surface area (Å²) >= 11 is 0. The third-order valence-corrected chi connectivity index (χ3v) is 7.62. The Balaban J connectivity index is 0.00000162. The predicted octanol–water partition coefficient (Wildman–Crippen LogP) is -3.50. The van der Waals surface area contributed by atoms with E-state index in [9.17, 15) is 4.80 Å². The van der Waals surface area contributed by atoms with E-state index in [0.717, 1.165) is 18.4 Å². The number of benzene rings is 1. The molecule has 34 heavy (non-hydrogen) atoms. The Kier molecular flexibility index (Phi) is 11.1. The van der Waals surface area contributed by atoms with Crippen LogP contribution in [0.2, 0.25) is 5.54 Å². The number of fused-ring (bicyclic) bond motifs is 1. The van der Waals surface area contributed by atoms with E-state index in [1.54, 1.807) is 6.33 Å². The number of aromatic nitrogens is 4. The Labute approximate surface area is 299 Å². The van der Waals surface area contributed by atoms with E-state index in [-0.39, 0.29) is 156 Å². The molecule has 5 atom stereocenters. The largest absolute Gasteiger partial charge is 1.00 e. The maximum atomic E-state index is 10.1. The third kappa shape index (κ3) is 5.58. The van der Waals surface area contributed by atoms with Crippen LogP contribution >= 0.6 is 0 Å². The maximum Gasteiger partial charge on any atom is 1.00 e. The number of hydrogen-bond donors (Lipinski definition) is 2. The summed E-state index contributed by atoms with van der Waals surface area (Å²) in [6, 6.07) is 9.77.